The van der Waals surface area contributed by atoms with Gasteiger partial charge in [0.2, 0.25) is 0 Å². The molecule has 0 bridgehead atoms. The van der Waals surface area contributed by atoms with E-state index >= 15 is 0 Å². The Bertz CT molecular complexity index is 2610. The maximum atomic E-state index is 13.4. The van der Waals surface area contributed by atoms with Gasteiger partial charge in [-0.1, -0.05) is 0 Å². The average molecular weight is 723 g/mol. The molecule has 3 nitrogen and oxygen atoms in total. The van der Waals surface area contributed by atoms with Gasteiger partial charge in [0.05, 0.1) is 0 Å². The number of rotatable bonds is 7. The molecule has 1 fully saturated rings. The van der Waals surface area contributed by atoms with E-state index in [1.807, 2.05) is 91.0 Å². The molecule has 3 N–H and O–H groups in total. The van der Waals surface area contributed by atoms with E-state index in [4.69, 9.17) is 0 Å². The quantitative estimate of drug-likeness (QED) is 0.144. The van der Waals surface area contributed by atoms with Crippen LogP contribution in [0, 0.1) is 0 Å². The van der Waals surface area contributed by atoms with Crippen LogP contribution in [0.5, 0.6) is 0 Å². The predicted octanol–water partition coefficient (Wildman–Crippen LogP) is 12.4. The van der Waals surface area contributed by atoms with E-state index in [9.17, 15) is 14.7 Å². The van der Waals surface area contributed by atoms with Gasteiger partial charge < -0.3 is 0 Å². The molecule has 0 aliphatic heterocycles. The van der Waals surface area contributed by atoms with Gasteiger partial charge in [-0.05, 0) is 0 Å². The number of hydrogen-bond donors (Lipinski definition) is 3. The van der Waals surface area contributed by atoms with Gasteiger partial charge in [-0.15, -0.1) is 0 Å². The molecule has 0 saturated heterocycles. The molecular formula is C50H43O3P. The summed E-state index contributed by atoms with van der Waals surface area (Å²) in [6.45, 7) is 0. The van der Waals surface area contributed by atoms with Crippen molar-refractivity contribution in [3.63, 3.8) is 0 Å². The van der Waals surface area contributed by atoms with Crippen molar-refractivity contribution in [2.75, 3.05) is 0 Å². The molecule has 266 valence electrons. The molecule has 54 heavy (non-hydrogen) atoms. The summed E-state index contributed by atoms with van der Waals surface area (Å²) in [4.78, 5) is 40.2. The third-order valence-corrected chi connectivity index (χ3v) is 15.3. The van der Waals surface area contributed by atoms with E-state index < -0.39 is 12.4 Å². The summed E-state index contributed by atoms with van der Waals surface area (Å²) < 4.78 is 0. The van der Waals surface area contributed by atoms with Crippen molar-refractivity contribution in [3.8, 4) is 44.5 Å². The Morgan fingerprint density at radius 3 is 1.28 bits per heavy atom. The van der Waals surface area contributed by atoms with Crippen LogP contribution in [0.4, 0.5) is 0 Å². The molecule has 0 radical (unpaired) electrons. The second-order valence-electron chi connectivity index (χ2n) is 14.9. The first-order valence-corrected chi connectivity index (χ1v) is 21.0. The van der Waals surface area contributed by atoms with Crippen LogP contribution in [-0.2, 0) is 5.16 Å². The Hall–Kier alpha value is -5.41. The van der Waals surface area contributed by atoms with Gasteiger partial charge in [-0.3, -0.25) is 0 Å². The Morgan fingerprint density at radius 1 is 0.352 bits per heavy atom. The summed E-state index contributed by atoms with van der Waals surface area (Å²) in [5, 5.41) is 2.74. The van der Waals surface area contributed by atoms with Crippen LogP contribution in [0.25, 0.3) is 66.1 Å². The minimum atomic E-state index is -5.84. The van der Waals surface area contributed by atoms with E-state index in [1.54, 1.807) is 0 Å². The molecule has 4 heteroatoms. The van der Waals surface area contributed by atoms with Crippen LogP contribution >= 0.6 is 7.28 Å². The predicted molar refractivity (Wildman–Crippen MR) is 228 cm³/mol. The fourth-order valence-corrected chi connectivity index (χ4v) is 12.1. The molecule has 1 saturated carbocycles. The SMILES string of the molecule is OP(O)(O)(c1cc2ccc(-c3ccccc3)cc2cc1-c1ccccc1)C1(c2cc3ccc(-c4ccccc4)cc3cc2-c2ccccc2)CCCCC1. The molecule has 0 atom stereocenters. The first-order chi connectivity index (χ1) is 26.3. The van der Waals surface area contributed by atoms with Crippen molar-refractivity contribution in [3.05, 3.63) is 188 Å². The van der Waals surface area contributed by atoms with Crippen LogP contribution < -0.4 is 5.30 Å². The topological polar surface area (TPSA) is 60.7 Å². The number of hydrogen-bond acceptors (Lipinski definition) is 3. The summed E-state index contributed by atoms with van der Waals surface area (Å²) in [5.74, 6) is 0. The monoisotopic (exact) mass is 722 g/mol. The molecule has 0 aromatic heterocycles. The van der Waals surface area contributed by atoms with Crippen LogP contribution in [-0.4, -0.2) is 14.7 Å². The molecule has 1 aliphatic carbocycles. The summed E-state index contributed by atoms with van der Waals surface area (Å²) in [7, 11) is -5.84. The summed E-state index contributed by atoms with van der Waals surface area (Å²) >= 11 is 0. The fraction of sp³-hybridized carbons (Fsp3) is 0.120. The van der Waals surface area contributed by atoms with Crippen molar-refractivity contribution >= 4 is 34.1 Å². The zero-order valence-corrected chi connectivity index (χ0v) is 31.0. The van der Waals surface area contributed by atoms with Gasteiger partial charge in [0, 0.05) is 0 Å². The van der Waals surface area contributed by atoms with Crippen molar-refractivity contribution in [2.24, 2.45) is 0 Å². The normalized spacial score (nSPS) is 15.1. The first-order valence-electron chi connectivity index (χ1n) is 18.9. The Morgan fingerprint density at radius 2 is 0.778 bits per heavy atom. The first kappa shape index (κ1) is 34.4. The van der Waals surface area contributed by atoms with Crippen LogP contribution in [0.3, 0.4) is 0 Å². The molecule has 1 aliphatic rings. The maximum absolute atomic E-state index is 13.4. The summed E-state index contributed by atoms with van der Waals surface area (Å²) in [6, 6.07) is 61.7. The second-order valence-corrected chi connectivity index (χ2v) is 18.2. The molecule has 9 rings (SSSR count). The van der Waals surface area contributed by atoms with Crippen LogP contribution in [0.15, 0.2) is 182 Å². The average Bonchev–Trinajstić information content (AvgIpc) is 3.23. The summed E-state index contributed by atoms with van der Waals surface area (Å²) in [5.41, 5.74) is 8.59. The molecule has 8 aromatic carbocycles. The summed E-state index contributed by atoms with van der Waals surface area (Å²) in [6.07, 6.45) is 3.40. The number of fused-ring (bicyclic) bond motifs is 2. The van der Waals surface area contributed by atoms with E-state index in [2.05, 4.69) is 91.0 Å². The van der Waals surface area contributed by atoms with Crippen molar-refractivity contribution in [2.45, 2.75) is 37.3 Å². The van der Waals surface area contributed by atoms with Gasteiger partial charge in [0.25, 0.3) is 0 Å². The van der Waals surface area contributed by atoms with Crippen LogP contribution in [0.2, 0.25) is 0 Å². The third-order valence-electron chi connectivity index (χ3n) is 11.7. The fourth-order valence-electron chi connectivity index (χ4n) is 8.91. The second kappa shape index (κ2) is 13.5. The Balaban J connectivity index is 1.31. The number of benzene rings is 8. The van der Waals surface area contributed by atoms with Gasteiger partial charge in [-0.25, -0.2) is 0 Å². The molecule has 0 heterocycles. The van der Waals surface area contributed by atoms with Gasteiger partial charge in [-0.2, -0.15) is 0 Å². The van der Waals surface area contributed by atoms with Crippen molar-refractivity contribution in [1.82, 2.24) is 0 Å². The Labute approximate surface area is 317 Å². The minimum absolute atomic E-state index is 0.215. The van der Waals surface area contributed by atoms with E-state index in [0.29, 0.717) is 18.4 Å². The Kier molecular flexibility index (Phi) is 8.57. The van der Waals surface area contributed by atoms with Crippen molar-refractivity contribution in [1.29, 1.82) is 0 Å². The van der Waals surface area contributed by atoms with E-state index in [1.165, 1.54) is 0 Å². The van der Waals surface area contributed by atoms with Crippen LogP contribution in [0.1, 0.15) is 37.7 Å². The molecule has 8 aromatic rings. The van der Waals surface area contributed by atoms with E-state index in [0.717, 1.165) is 85.3 Å². The zero-order chi connectivity index (χ0) is 36.8. The van der Waals surface area contributed by atoms with Gasteiger partial charge in [0.15, 0.2) is 0 Å². The zero-order valence-electron chi connectivity index (χ0n) is 30.1. The molecule has 0 spiro atoms. The van der Waals surface area contributed by atoms with Gasteiger partial charge in [0.1, 0.15) is 0 Å². The molecular weight excluding hydrogens is 680 g/mol. The molecule has 0 unspecified atom stereocenters. The van der Waals surface area contributed by atoms with Gasteiger partial charge >= 0.3 is 318 Å². The van der Waals surface area contributed by atoms with E-state index in [-0.39, 0.29) is 5.30 Å². The standard InChI is InChI=1S/C50H43O3P/c51-54(52,53,49-35-43-27-25-41(37-18-8-2-9-19-37)31-45(43)33-47(49)39-22-12-4-13-23-39)50(28-14-5-15-29-50)48-34-42-26-24-40(36-16-6-1-7-17-36)30-44(42)32-46(48)38-20-10-3-11-21-38/h1-4,6-13,16-27,30-35,51-53H,5,14-15,28-29H2. The third kappa shape index (κ3) is 5.86. The van der Waals surface area contributed by atoms with Crippen molar-refractivity contribution < 1.29 is 14.7 Å². The molecule has 0 amide bonds.